The summed E-state index contributed by atoms with van der Waals surface area (Å²) < 4.78 is 40.1. The number of anilines is 1. The van der Waals surface area contributed by atoms with E-state index in [9.17, 15) is 23.1 Å². The van der Waals surface area contributed by atoms with Gasteiger partial charge in [0.2, 0.25) is 0 Å². The van der Waals surface area contributed by atoms with Crippen LogP contribution >= 0.6 is 0 Å². The largest absolute Gasteiger partial charge is 0.494 e. The Morgan fingerprint density at radius 3 is 2.66 bits per heavy atom. The highest BCUT2D eigenvalue weighted by atomic mass is 19.4. The van der Waals surface area contributed by atoms with Crippen molar-refractivity contribution in [3.05, 3.63) is 54.1 Å². The molecule has 0 radical (unpaired) electrons. The first-order valence-electron chi connectivity index (χ1n) is 10.9. The standard InChI is InChI=1S/C23H24F3N7O2/c1-4-18(29-16-9-28-33(11-16)13(2)3)20-17-7-14(5-6-19(17)31-22(20)35)21(34)30-15-8-27-32(10-15)12-23(24,25)26/h5-11,13,31,35H,4,12H2,1-3H3,(H,30,34). The first kappa shape index (κ1) is 24.0. The van der Waals surface area contributed by atoms with Crippen molar-refractivity contribution in [2.24, 2.45) is 4.99 Å². The highest BCUT2D eigenvalue weighted by Crippen LogP contribution is 2.31. The molecule has 0 spiro atoms. The van der Waals surface area contributed by atoms with Crippen LogP contribution in [0.25, 0.3) is 10.9 Å². The summed E-state index contributed by atoms with van der Waals surface area (Å²) in [6.45, 7) is 4.65. The van der Waals surface area contributed by atoms with Gasteiger partial charge in [-0.1, -0.05) is 6.92 Å². The molecule has 0 saturated carbocycles. The topological polar surface area (TPSA) is 113 Å². The fraction of sp³-hybridized carbons (Fsp3) is 0.304. The second kappa shape index (κ2) is 9.28. The lowest BCUT2D eigenvalue weighted by Gasteiger charge is -2.06. The van der Waals surface area contributed by atoms with Gasteiger partial charge in [-0.3, -0.25) is 14.2 Å². The number of aliphatic imine (C=N–C) groups is 1. The van der Waals surface area contributed by atoms with Gasteiger partial charge >= 0.3 is 6.18 Å². The smallest absolute Gasteiger partial charge is 0.408 e. The number of alkyl halides is 3. The molecule has 0 unspecified atom stereocenters. The molecule has 3 heterocycles. The SMILES string of the molecule is CCC(=Nc1cnn(C(C)C)c1)c1c(O)[nH]c2ccc(C(=O)Nc3cnn(CC(F)(F)F)c3)cc12. The van der Waals surface area contributed by atoms with Gasteiger partial charge in [-0.2, -0.15) is 23.4 Å². The Hall–Kier alpha value is -4.09. The maximum absolute atomic E-state index is 12.8. The zero-order valence-electron chi connectivity index (χ0n) is 19.3. The molecule has 0 aliphatic rings. The maximum atomic E-state index is 12.8. The molecule has 0 saturated heterocycles. The minimum Gasteiger partial charge on any atom is -0.494 e. The monoisotopic (exact) mass is 487 g/mol. The van der Waals surface area contributed by atoms with Crippen LogP contribution in [0.5, 0.6) is 5.88 Å². The molecule has 0 bridgehead atoms. The minimum absolute atomic E-state index is 0.0807. The highest BCUT2D eigenvalue weighted by molar-refractivity contribution is 6.15. The van der Waals surface area contributed by atoms with Gasteiger partial charge in [0.1, 0.15) is 12.2 Å². The third kappa shape index (κ3) is 5.36. The van der Waals surface area contributed by atoms with Crippen molar-refractivity contribution in [2.75, 3.05) is 5.32 Å². The van der Waals surface area contributed by atoms with E-state index < -0.39 is 18.6 Å². The molecule has 4 aromatic rings. The molecule has 3 aromatic heterocycles. The van der Waals surface area contributed by atoms with E-state index in [1.165, 1.54) is 0 Å². The van der Waals surface area contributed by atoms with Crippen LogP contribution in [0.3, 0.4) is 0 Å². The van der Waals surface area contributed by atoms with Crippen molar-refractivity contribution in [3.63, 3.8) is 0 Å². The van der Waals surface area contributed by atoms with Crippen LogP contribution in [-0.2, 0) is 6.54 Å². The number of rotatable bonds is 7. The lowest BCUT2D eigenvalue weighted by Crippen LogP contribution is -2.18. The summed E-state index contributed by atoms with van der Waals surface area (Å²) in [6, 6.07) is 4.96. The molecule has 1 amide bonds. The van der Waals surface area contributed by atoms with E-state index in [1.807, 2.05) is 27.0 Å². The molecule has 0 aliphatic heterocycles. The number of halogens is 3. The molecule has 12 heteroatoms. The number of amides is 1. The summed E-state index contributed by atoms with van der Waals surface area (Å²) in [4.78, 5) is 20.3. The third-order valence-corrected chi connectivity index (χ3v) is 5.28. The first-order valence-corrected chi connectivity index (χ1v) is 10.9. The molecule has 1 aromatic carbocycles. The van der Waals surface area contributed by atoms with Gasteiger partial charge in [-0.05, 0) is 38.5 Å². The van der Waals surface area contributed by atoms with Gasteiger partial charge in [-0.25, -0.2) is 4.99 Å². The summed E-state index contributed by atoms with van der Waals surface area (Å²) in [7, 11) is 0. The molecule has 184 valence electrons. The number of fused-ring (bicyclic) bond motifs is 1. The van der Waals surface area contributed by atoms with E-state index in [2.05, 4.69) is 25.5 Å². The zero-order valence-corrected chi connectivity index (χ0v) is 19.3. The number of aromatic amines is 1. The van der Waals surface area contributed by atoms with Gasteiger partial charge in [0.25, 0.3) is 5.91 Å². The van der Waals surface area contributed by atoms with Crippen molar-refractivity contribution >= 4 is 33.9 Å². The van der Waals surface area contributed by atoms with Crippen LogP contribution in [0.4, 0.5) is 24.5 Å². The second-order valence-corrected chi connectivity index (χ2v) is 8.29. The van der Waals surface area contributed by atoms with Crippen LogP contribution in [0.15, 0.2) is 48.0 Å². The van der Waals surface area contributed by atoms with E-state index >= 15 is 0 Å². The predicted molar refractivity (Wildman–Crippen MR) is 125 cm³/mol. The van der Waals surface area contributed by atoms with Crippen molar-refractivity contribution in [1.82, 2.24) is 24.5 Å². The van der Waals surface area contributed by atoms with Gasteiger partial charge in [0.15, 0.2) is 5.88 Å². The van der Waals surface area contributed by atoms with Crippen molar-refractivity contribution < 1.29 is 23.1 Å². The molecule has 3 N–H and O–H groups in total. The number of carbonyl (C=O) groups excluding carboxylic acids is 1. The number of nitrogens with zero attached hydrogens (tertiary/aromatic N) is 5. The molecule has 4 rings (SSSR count). The summed E-state index contributed by atoms with van der Waals surface area (Å²) >= 11 is 0. The summed E-state index contributed by atoms with van der Waals surface area (Å²) in [5.74, 6) is -0.610. The Balaban J connectivity index is 1.63. The Morgan fingerprint density at radius 2 is 2.00 bits per heavy atom. The van der Waals surface area contributed by atoms with Crippen LogP contribution in [0.1, 0.15) is 49.2 Å². The maximum Gasteiger partial charge on any atom is 0.408 e. The molecule has 0 aliphatic carbocycles. The van der Waals surface area contributed by atoms with Crippen molar-refractivity contribution in [2.45, 2.75) is 46.0 Å². The Morgan fingerprint density at radius 1 is 1.23 bits per heavy atom. The average molecular weight is 487 g/mol. The Kier molecular flexibility index (Phi) is 6.37. The lowest BCUT2D eigenvalue weighted by atomic mass is 10.0. The highest BCUT2D eigenvalue weighted by Gasteiger charge is 2.28. The third-order valence-electron chi connectivity index (χ3n) is 5.28. The number of hydrogen-bond donors (Lipinski definition) is 3. The number of benzene rings is 1. The van der Waals surface area contributed by atoms with Crippen LogP contribution in [0, 0.1) is 0 Å². The number of nitrogens with one attached hydrogen (secondary N) is 2. The fourth-order valence-electron chi connectivity index (χ4n) is 3.65. The quantitative estimate of drug-likeness (QED) is 0.311. The number of H-pyrrole nitrogens is 1. The normalized spacial score (nSPS) is 12.6. The Labute approximate surface area is 198 Å². The second-order valence-electron chi connectivity index (χ2n) is 8.29. The summed E-state index contributed by atoms with van der Waals surface area (Å²) in [6.07, 6.45) is 1.79. The van der Waals surface area contributed by atoms with E-state index in [4.69, 9.17) is 0 Å². The van der Waals surface area contributed by atoms with Gasteiger partial charge in [0.05, 0.1) is 35.6 Å². The van der Waals surface area contributed by atoms with Gasteiger partial charge in [0, 0.05) is 28.7 Å². The van der Waals surface area contributed by atoms with E-state index in [-0.39, 0.29) is 23.2 Å². The number of aromatic hydroxyl groups is 1. The molecule has 35 heavy (non-hydrogen) atoms. The fourth-order valence-corrected chi connectivity index (χ4v) is 3.65. The molecular formula is C23H24F3N7O2. The lowest BCUT2D eigenvalue weighted by molar-refractivity contribution is -0.142. The molecule has 0 fully saturated rings. The Bertz CT molecular complexity index is 1400. The van der Waals surface area contributed by atoms with E-state index in [0.717, 1.165) is 12.4 Å². The molecule has 0 atom stereocenters. The summed E-state index contributed by atoms with van der Waals surface area (Å²) in [5.41, 5.74) is 2.69. The number of aromatic nitrogens is 5. The minimum atomic E-state index is -4.42. The van der Waals surface area contributed by atoms with Gasteiger partial charge in [-0.15, -0.1) is 0 Å². The van der Waals surface area contributed by atoms with E-state index in [0.29, 0.717) is 39.0 Å². The van der Waals surface area contributed by atoms with Crippen molar-refractivity contribution in [1.29, 1.82) is 0 Å². The molecular weight excluding hydrogens is 463 g/mol. The van der Waals surface area contributed by atoms with Crippen LogP contribution in [-0.4, -0.2) is 47.4 Å². The summed E-state index contributed by atoms with van der Waals surface area (Å²) in [5, 5.41) is 21.6. The number of hydrogen-bond acceptors (Lipinski definition) is 5. The van der Waals surface area contributed by atoms with Gasteiger partial charge < -0.3 is 15.4 Å². The van der Waals surface area contributed by atoms with E-state index in [1.54, 1.807) is 29.1 Å². The molecule has 9 nitrogen and oxygen atoms in total. The zero-order chi connectivity index (χ0) is 25.3. The van der Waals surface area contributed by atoms with Crippen LogP contribution < -0.4 is 5.32 Å². The number of carbonyl (C=O) groups is 1. The average Bonchev–Trinajstić information content (AvgIpc) is 3.49. The first-order chi connectivity index (χ1) is 16.5. The predicted octanol–water partition coefficient (Wildman–Crippen LogP) is 5.19. The van der Waals surface area contributed by atoms with Crippen molar-refractivity contribution in [3.8, 4) is 5.88 Å². The van der Waals surface area contributed by atoms with Crippen LogP contribution in [0.2, 0.25) is 0 Å².